The number of benzene rings is 1. The number of amides is 1. The van der Waals surface area contributed by atoms with Crippen LogP contribution < -0.4 is 15.8 Å². The van der Waals surface area contributed by atoms with E-state index in [1.54, 1.807) is 7.11 Å². The number of rotatable bonds is 7. The Morgan fingerprint density at radius 3 is 2.91 bits per heavy atom. The van der Waals surface area contributed by atoms with Crippen molar-refractivity contribution in [3.63, 3.8) is 0 Å². The summed E-state index contributed by atoms with van der Waals surface area (Å²) in [5.74, 6) is 1.78. The van der Waals surface area contributed by atoms with Gasteiger partial charge in [-0.05, 0) is 49.3 Å². The van der Waals surface area contributed by atoms with E-state index in [0.29, 0.717) is 18.9 Å². The lowest BCUT2D eigenvalue weighted by molar-refractivity contribution is -0.122. The summed E-state index contributed by atoms with van der Waals surface area (Å²) in [6, 6.07) is 8.28. The van der Waals surface area contributed by atoms with Gasteiger partial charge < -0.3 is 15.8 Å². The lowest BCUT2D eigenvalue weighted by Gasteiger charge is -2.21. The SMILES string of the molecule is COc1ccccc1CC(C)CC(=O)NC1CCCC1CN. The third kappa shape index (κ3) is 4.47. The van der Waals surface area contributed by atoms with Gasteiger partial charge in [0.05, 0.1) is 7.11 Å². The van der Waals surface area contributed by atoms with Crippen LogP contribution in [-0.4, -0.2) is 25.6 Å². The minimum absolute atomic E-state index is 0.146. The average Bonchev–Trinajstić information content (AvgIpc) is 2.94. The molecule has 3 unspecified atom stereocenters. The van der Waals surface area contributed by atoms with Crippen molar-refractivity contribution < 1.29 is 9.53 Å². The Balaban J connectivity index is 1.83. The number of carbonyl (C=O) groups is 1. The highest BCUT2D eigenvalue weighted by molar-refractivity contribution is 5.76. The summed E-state index contributed by atoms with van der Waals surface area (Å²) in [7, 11) is 1.68. The second-order valence-corrected chi connectivity index (χ2v) is 6.43. The Bertz CT molecular complexity index is 490. The first-order valence-electron chi connectivity index (χ1n) is 8.25. The maximum absolute atomic E-state index is 12.2. The monoisotopic (exact) mass is 304 g/mol. The highest BCUT2D eigenvalue weighted by atomic mass is 16.5. The summed E-state index contributed by atoms with van der Waals surface area (Å²) in [6.07, 6.45) is 4.77. The fourth-order valence-corrected chi connectivity index (χ4v) is 3.41. The predicted octanol–water partition coefficient (Wildman–Crippen LogP) is 2.51. The second kappa shape index (κ2) is 8.18. The Hall–Kier alpha value is -1.55. The van der Waals surface area contributed by atoms with Gasteiger partial charge in [0.25, 0.3) is 0 Å². The van der Waals surface area contributed by atoms with Gasteiger partial charge in [-0.25, -0.2) is 0 Å². The molecule has 4 nitrogen and oxygen atoms in total. The van der Waals surface area contributed by atoms with Crippen molar-refractivity contribution in [3.05, 3.63) is 29.8 Å². The molecule has 0 saturated heterocycles. The van der Waals surface area contributed by atoms with E-state index in [1.165, 1.54) is 6.42 Å². The molecule has 3 atom stereocenters. The molecule has 1 saturated carbocycles. The first kappa shape index (κ1) is 16.8. The Kier molecular flexibility index (Phi) is 6.25. The van der Waals surface area contributed by atoms with E-state index in [9.17, 15) is 4.79 Å². The third-order valence-electron chi connectivity index (χ3n) is 4.60. The Morgan fingerprint density at radius 1 is 1.41 bits per heavy atom. The zero-order chi connectivity index (χ0) is 15.9. The van der Waals surface area contributed by atoms with Crippen molar-refractivity contribution >= 4 is 5.91 Å². The van der Waals surface area contributed by atoms with Crippen molar-refractivity contribution in [3.8, 4) is 5.75 Å². The van der Waals surface area contributed by atoms with Crippen LogP contribution in [0.5, 0.6) is 5.75 Å². The molecule has 1 aromatic carbocycles. The largest absolute Gasteiger partial charge is 0.496 e. The summed E-state index contributed by atoms with van der Waals surface area (Å²) in [6.45, 7) is 2.78. The van der Waals surface area contributed by atoms with Crippen molar-refractivity contribution in [2.75, 3.05) is 13.7 Å². The summed E-state index contributed by atoms with van der Waals surface area (Å²) >= 11 is 0. The molecule has 0 heterocycles. The van der Waals surface area contributed by atoms with Crippen LogP contribution in [0.25, 0.3) is 0 Å². The number of nitrogens with one attached hydrogen (secondary N) is 1. The van der Waals surface area contributed by atoms with Crippen molar-refractivity contribution in [2.24, 2.45) is 17.6 Å². The second-order valence-electron chi connectivity index (χ2n) is 6.43. The van der Waals surface area contributed by atoms with Gasteiger partial charge in [0.2, 0.25) is 5.91 Å². The highest BCUT2D eigenvalue weighted by Crippen LogP contribution is 2.25. The maximum atomic E-state index is 12.2. The molecule has 0 spiro atoms. The first-order valence-corrected chi connectivity index (χ1v) is 8.25. The van der Waals surface area contributed by atoms with Crippen LogP contribution in [0.3, 0.4) is 0 Å². The number of methoxy groups -OCH3 is 1. The van der Waals surface area contributed by atoms with Crippen LogP contribution in [0.15, 0.2) is 24.3 Å². The lowest BCUT2D eigenvalue weighted by atomic mass is 9.96. The van der Waals surface area contributed by atoms with E-state index in [4.69, 9.17) is 10.5 Å². The van der Waals surface area contributed by atoms with Crippen LogP contribution in [0.1, 0.15) is 38.2 Å². The smallest absolute Gasteiger partial charge is 0.220 e. The molecule has 1 fully saturated rings. The molecule has 1 aromatic rings. The van der Waals surface area contributed by atoms with Crippen LogP contribution in [0, 0.1) is 11.8 Å². The number of ether oxygens (including phenoxy) is 1. The van der Waals surface area contributed by atoms with Crippen LogP contribution >= 0.6 is 0 Å². The Labute approximate surface area is 133 Å². The molecule has 0 radical (unpaired) electrons. The van der Waals surface area contributed by atoms with E-state index < -0.39 is 0 Å². The zero-order valence-electron chi connectivity index (χ0n) is 13.7. The molecule has 2 rings (SSSR count). The number of hydrogen-bond donors (Lipinski definition) is 2. The van der Waals surface area contributed by atoms with Crippen molar-refractivity contribution in [2.45, 2.75) is 45.1 Å². The topological polar surface area (TPSA) is 64.3 Å². The Morgan fingerprint density at radius 2 is 2.18 bits per heavy atom. The molecule has 1 aliphatic rings. The summed E-state index contributed by atoms with van der Waals surface area (Å²) in [4.78, 5) is 12.2. The van der Waals surface area contributed by atoms with Gasteiger partial charge >= 0.3 is 0 Å². The van der Waals surface area contributed by atoms with Crippen LogP contribution in [0.4, 0.5) is 0 Å². The molecule has 1 amide bonds. The summed E-state index contributed by atoms with van der Waals surface area (Å²) in [5.41, 5.74) is 6.93. The molecule has 1 aliphatic carbocycles. The molecular formula is C18H28N2O2. The van der Waals surface area contributed by atoms with Crippen LogP contribution in [-0.2, 0) is 11.2 Å². The standard InChI is InChI=1S/C18H28N2O2/c1-13(10-14-6-3-4-9-17(14)22-2)11-18(21)20-16-8-5-7-15(16)12-19/h3-4,6,9,13,15-16H,5,7-8,10-12,19H2,1-2H3,(H,20,21). The van der Waals surface area contributed by atoms with Gasteiger partial charge in [0.15, 0.2) is 0 Å². The molecule has 0 aliphatic heterocycles. The molecule has 0 bridgehead atoms. The fraction of sp³-hybridized carbons (Fsp3) is 0.611. The third-order valence-corrected chi connectivity index (χ3v) is 4.60. The van der Waals surface area contributed by atoms with Gasteiger partial charge in [-0.3, -0.25) is 4.79 Å². The van der Waals surface area contributed by atoms with Crippen molar-refractivity contribution in [1.82, 2.24) is 5.32 Å². The lowest BCUT2D eigenvalue weighted by Crippen LogP contribution is -2.40. The van der Waals surface area contributed by atoms with Gasteiger partial charge in [-0.15, -0.1) is 0 Å². The quantitative estimate of drug-likeness (QED) is 0.813. The summed E-state index contributed by atoms with van der Waals surface area (Å²) in [5, 5.41) is 3.17. The predicted molar refractivity (Wildman–Crippen MR) is 88.8 cm³/mol. The summed E-state index contributed by atoms with van der Waals surface area (Å²) < 4.78 is 5.37. The normalized spacial score (nSPS) is 22.3. The van der Waals surface area contributed by atoms with E-state index in [1.807, 2.05) is 18.2 Å². The minimum atomic E-state index is 0.146. The highest BCUT2D eigenvalue weighted by Gasteiger charge is 2.27. The zero-order valence-corrected chi connectivity index (χ0v) is 13.7. The molecule has 122 valence electrons. The number of para-hydroxylation sites is 1. The van der Waals surface area contributed by atoms with E-state index >= 15 is 0 Å². The van der Waals surface area contributed by atoms with E-state index in [-0.39, 0.29) is 17.9 Å². The van der Waals surface area contributed by atoms with Crippen molar-refractivity contribution in [1.29, 1.82) is 0 Å². The number of nitrogens with two attached hydrogens (primary N) is 1. The van der Waals surface area contributed by atoms with E-state index in [2.05, 4.69) is 18.3 Å². The number of carbonyl (C=O) groups excluding carboxylic acids is 1. The van der Waals surface area contributed by atoms with Gasteiger partial charge in [0, 0.05) is 12.5 Å². The first-order chi connectivity index (χ1) is 10.6. The van der Waals surface area contributed by atoms with Crippen LogP contribution in [0.2, 0.25) is 0 Å². The molecule has 22 heavy (non-hydrogen) atoms. The van der Waals surface area contributed by atoms with Gasteiger partial charge in [-0.2, -0.15) is 0 Å². The molecular weight excluding hydrogens is 276 g/mol. The fourth-order valence-electron chi connectivity index (χ4n) is 3.41. The number of hydrogen-bond acceptors (Lipinski definition) is 3. The van der Waals surface area contributed by atoms with Gasteiger partial charge in [-0.1, -0.05) is 31.5 Å². The average molecular weight is 304 g/mol. The molecule has 3 N–H and O–H groups in total. The molecule has 4 heteroatoms. The van der Waals surface area contributed by atoms with Gasteiger partial charge in [0.1, 0.15) is 5.75 Å². The minimum Gasteiger partial charge on any atom is -0.496 e. The maximum Gasteiger partial charge on any atom is 0.220 e. The molecule has 0 aromatic heterocycles. The van der Waals surface area contributed by atoms with E-state index in [0.717, 1.165) is 30.6 Å².